The second kappa shape index (κ2) is 5.16. The number of piperidine rings is 1. The molecule has 0 aromatic carbocycles. The van der Waals surface area contributed by atoms with E-state index in [4.69, 9.17) is 5.73 Å². The van der Waals surface area contributed by atoms with Gasteiger partial charge < -0.3 is 16.0 Å². The molecular formula is C12H20N4. The van der Waals surface area contributed by atoms with Crippen molar-refractivity contribution < 1.29 is 0 Å². The Kier molecular flexibility index (Phi) is 3.62. The third-order valence-electron chi connectivity index (χ3n) is 3.20. The molecule has 0 saturated carbocycles. The number of aromatic nitrogens is 1. The largest absolute Gasteiger partial charge is 0.397 e. The molecule has 0 atom stereocenters. The number of anilines is 2. The molecule has 1 fully saturated rings. The van der Waals surface area contributed by atoms with Gasteiger partial charge in [-0.05, 0) is 51.0 Å². The van der Waals surface area contributed by atoms with Crippen LogP contribution in [0.4, 0.5) is 11.5 Å². The van der Waals surface area contributed by atoms with Crippen molar-refractivity contribution in [2.75, 3.05) is 37.7 Å². The molecule has 1 saturated heterocycles. The Morgan fingerprint density at radius 1 is 1.44 bits per heavy atom. The average molecular weight is 220 g/mol. The lowest BCUT2D eigenvalue weighted by molar-refractivity contribution is 0.226. The number of hydrogen-bond acceptors (Lipinski definition) is 4. The zero-order valence-corrected chi connectivity index (χ0v) is 9.82. The topological polar surface area (TPSA) is 54.2 Å². The van der Waals surface area contributed by atoms with Crippen molar-refractivity contribution in [2.24, 2.45) is 5.92 Å². The molecule has 3 N–H and O–H groups in total. The molecule has 0 amide bonds. The third kappa shape index (κ3) is 3.10. The van der Waals surface area contributed by atoms with Gasteiger partial charge in [-0.15, -0.1) is 0 Å². The minimum atomic E-state index is 0.713. The molecule has 1 aromatic rings. The van der Waals surface area contributed by atoms with Gasteiger partial charge in [0.25, 0.3) is 0 Å². The molecule has 0 radical (unpaired) electrons. The van der Waals surface area contributed by atoms with Crippen LogP contribution in [0.3, 0.4) is 0 Å². The number of pyridine rings is 1. The van der Waals surface area contributed by atoms with Gasteiger partial charge in [0.15, 0.2) is 0 Å². The molecule has 16 heavy (non-hydrogen) atoms. The summed E-state index contributed by atoms with van der Waals surface area (Å²) in [5.41, 5.74) is 6.30. The number of likely N-dealkylation sites (tertiary alicyclic amines) is 1. The van der Waals surface area contributed by atoms with E-state index in [0.717, 1.165) is 18.3 Å². The molecule has 0 unspecified atom stereocenters. The molecule has 0 aliphatic carbocycles. The minimum Gasteiger partial charge on any atom is -0.397 e. The summed E-state index contributed by atoms with van der Waals surface area (Å²) in [5.74, 6) is 1.70. The normalized spacial score (nSPS) is 18.6. The maximum atomic E-state index is 5.59. The first kappa shape index (κ1) is 11.2. The summed E-state index contributed by atoms with van der Waals surface area (Å²) < 4.78 is 0. The fraction of sp³-hybridized carbons (Fsp3) is 0.583. The van der Waals surface area contributed by atoms with E-state index < -0.39 is 0 Å². The highest BCUT2D eigenvalue weighted by atomic mass is 15.1. The van der Waals surface area contributed by atoms with Crippen LogP contribution in [0.2, 0.25) is 0 Å². The van der Waals surface area contributed by atoms with Gasteiger partial charge in [0.1, 0.15) is 5.82 Å². The highest BCUT2D eigenvalue weighted by molar-refractivity contribution is 5.43. The van der Waals surface area contributed by atoms with Crippen molar-refractivity contribution in [3.63, 3.8) is 0 Å². The smallest absolute Gasteiger partial charge is 0.126 e. The number of hydrogen-bond donors (Lipinski definition) is 2. The van der Waals surface area contributed by atoms with E-state index in [-0.39, 0.29) is 0 Å². The summed E-state index contributed by atoms with van der Waals surface area (Å²) in [6.07, 6.45) is 4.24. The molecule has 1 aliphatic rings. The lowest BCUT2D eigenvalue weighted by atomic mass is 9.97. The Labute approximate surface area is 96.8 Å². The van der Waals surface area contributed by atoms with Gasteiger partial charge in [0.05, 0.1) is 11.9 Å². The van der Waals surface area contributed by atoms with Crippen molar-refractivity contribution >= 4 is 11.5 Å². The number of rotatable bonds is 3. The fourth-order valence-corrected chi connectivity index (χ4v) is 2.02. The molecule has 2 rings (SSSR count). The number of nitrogens with zero attached hydrogens (tertiary/aromatic N) is 2. The molecule has 4 heteroatoms. The molecule has 4 nitrogen and oxygen atoms in total. The molecule has 1 aromatic heterocycles. The van der Waals surface area contributed by atoms with Crippen LogP contribution in [0.5, 0.6) is 0 Å². The van der Waals surface area contributed by atoms with E-state index in [0.29, 0.717) is 5.69 Å². The highest BCUT2D eigenvalue weighted by Gasteiger charge is 2.16. The standard InChI is InChI=1S/C12H20N4/c1-16-6-4-10(5-7-16)8-14-12-3-2-11(13)9-15-12/h2-3,9-10H,4-8,13H2,1H3,(H,14,15). The quantitative estimate of drug-likeness (QED) is 0.809. The summed E-state index contributed by atoms with van der Waals surface area (Å²) in [7, 11) is 2.19. The maximum Gasteiger partial charge on any atom is 0.126 e. The number of nitrogen functional groups attached to an aromatic ring is 1. The van der Waals surface area contributed by atoms with Gasteiger partial charge in [-0.3, -0.25) is 0 Å². The van der Waals surface area contributed by atoms with Crippen LogP contribution in [0.1, 0.15) is 12.8 Å². The zero-order chi connectivity index (χ0) is 11.4. The van der Waals surface area contributed by atoms with Crippen LogP contribution in [0.25, 0.3) is 0 Å². The van der Waals surface area contributed by atoms with Gasteiger partial charge in [-0.1, -0.05) is 0 Å². The molecule has 0 bridgehead atoms. The molecule has 88 valence electrons. The maximum absolute atomic E-state index is 5.59. The average Bonchev–Trinajstić information content (AvgIpc) is 2.30. The Bertz CT molecular complexity index is 314. The molecule has 2 heterocycles. The van der Waals surface area contributed by atoms with E-state index in [1.54, 1.807) is 6.20 Å². The van der Waals surface area contributed by atoms with Gasteiger partial charge in [0.2, 0.25) is 0 Å². The lowest BCUT2D eigenvalue weighted by Crippen LogP contribution is -2.33. The fourth-order valence-electron chi connectivity index (χ4n) is 2.02. The van der Waals surface area contributed by atoms with Crippen molar-refractivity contribution in [1.29, 1.82) is 0 Å². The van der Waals surface area contributed by atoms with Crippen molar-refractivity contribution in [3.05, 3.63) is 18.3 Å². The first-order valence-corrected chi connectivity index (χ1v) is 5.88. The van der Waals surface area contributed by atoms with Crippen molar-refractivity contribution in [3.8, 4) is 0 Å². The summed E-state index contributed by atoms with van der Waals surface area (Å²) >= 11 is 0. The molecule has 0 spiro atoms. The van der Waals surface area contributed by atoms with E-state index in [9.17, 15) is 0 Å². The predicted octanol–water partition coefficient (Wildman–Crippen LogP) is 1.42. The van der Waals surface area contributed by atoms with Gasteiger partial charge >= 0.3 is 0 Å². The van der Waals surface area contributed by atoms with E-state index >= 15 is 0 Å². The number of nitrogens with one attached hydrogen (secondary N) is 1. The van der Waals surface area contributed by atoms with E-state index in [2.05, 4.69) is 22.2 Å². The van der Waals surface area contributed by atoms with Crippen LogP contribution in [-0.4, -0.2) is 36.6 Å². The van der Waals surface area contributed by atoms with E-state index in [1.807, 2.05) is 12.1 Å². The van der Waals surface area contributed by atoms with Crippen LogP contribution in [0, 0.1) is 5.92 Å². The van der Waals surface area contributed by atoms with Crippen LogP contribution in [0.15, 0.2) is 18.3 Å². The summed E-state index contributed by atoms with van der Waals surface area (Å²) in [6.45, 7) is 3.44. The minimum absolute atomic E-state index is 0.713. The first-order valence-electron chi connectivity index (χ1n) is 5.88. The van der Waals surface area contributed by atoms with Crippen molar-refractivity contribution in [1.82, 2.24) is 9.88 Å². The Hall–Kier alpha value is -1.29. The monoisotopic (exact) mass is 220 g/mol. The third-order valence-corrected chi connectivity index (χ3v) is 3.20. The summed E-state index contributed by atoms with van der Waals surface area (Å²) in [4.78, 5) is 6.62. The second-order valence-corrected chi connectivity index (χ2v) is 4.60. The summed E-state index contributed by atoms with van der Waals surface area (Å²) in [5, 5.41) is 3.37. The zero-order valence-electron chi connectivity index (χ0n) is 9.82. The lowest BCUT2D eigenvalue weighted by Gasteiger charge is -2.29. The van der Waals surface area contributed by atoms with Crippen molar-refractivity contribution in [2.45, 2.75) is 12.8 Å². The second-order valence-electron chi connectivity index (χ2n) is 4.60. The van der Waals surface area contributed by atoms with Crippen LogP contribution >= 0.6 is 0 Å². The Morgan fingerprint density at radius 2 is 2.19 bits per heavy atom. The van der Waals surface area contributed by atoms with Gasteiger partial charge in [0, 0.05) is 6.54 Å². The van der Waals surface area contributed by atoms with E-state index in [1.165, 1.54) is 25.9 Å². The predicted molar refractivity (Wildman–Crippen MR) is 67.4 cm³/mol. The molecular weight excluding hydrogens is 200 g/mol. The number of nitrogens with two attached hydrogens (primary N) is 1. The van der Waals surface area contributed by atoms with Gasteiger partial charge in [-0.25, -0.2) is 4.98 Å². The SMILES string of the molecule is CN1CCC(CNc2ccc(N)cn2)CC1. The van der Waals surface area contributed by atoms with Crippen LogP contribution in [-0.2, 0) is 0 Å². The Morgan fingerprint density at radius 3 is 2.81 bits per heavy atom. The molecule has 1 aliphatic heterocycles. The van der Waals surface area contributed by atoms with Gasteiger partial charge in [-0.2, -0.15) is 0 Å². The Balaban J connectivity index is 1.77. The van der Waals surface area contributed by atoms with Crippen LogP contribution < -0.4 is 11.1 Å². The first-order chi connectivity index (χ1) is 7.74. The highest BCUT2D eigenvalue weighted by Crippen LogP contribution is 2.16. The summed E-state index contributed by atoms with van der Waals surface area (Å²) in [6, 6.07) is 3.81.